The Morgan fingerprint density at radius 3 is 2.67 bits per heavy atom. The first-order valence-corrected chi connectivity index (χ1v) is 7.59. The van der Waals surface area contributed by atoms with Crippen LogP contribution >= 0.6 is 0 Å². The van der Waals surface area contributed by atoms with Crippen LogP contribution in [0.25, 0.3) is 0 Å². The first kappa shape index (κ1) is 15.5. The Kier molecular flexibility index (Phi) is 4.99. The molecule has 0 heterocycles. The minimum Gasteiger partial charge on any atom is -0.481 e. The summed E-state index contributed by atoms with van der Waals surface area (Å²) in [6.07, 6.45) is 3.85. The van der Waals surface area contributed by atoms with E-state index in [1.54, 1.807) is 24.3 Å². The van der Waals surface area contributed by atoms with Crippen LogP contribution in [0.5, 0.6) is 0 Å². The normalized spacial score (nSPS) is 24.7. The maximum atomic E-state index is 12.2. The number of aliphatic carboxylic acids is 1. The predicted molar refractivity (Wildman–Crippen MR) is 79.1 cm³/mol. The highest BCUT2D eigenvalue weighted by molar-refractivity contribution is 5.90. The first-order valence-electron chi connectivity index (χ1n) is 7.59. The van der Waals surface area contributed by atoms with Gasteiger partial charge in [-0.15, -0.1) is 0 Å². The average Bonchev–Trinajstić information content (AvgIpc) is 2.90. The van der Waals surface area contributed by atoms with Crippen molar-refractivity contribution in [2.45, 2.75) is 51.6 Å². The highest BCUT2D eigenvalue weighted by Gasteiger charge is 2.50. The van der Waals surface area contributed by atoms with Gasteiger partial charge in [-0.05, 0) is 37.8 Å². The Bertz CT molecular complexity index is 497. The third kappa shape index (κ3) is 3.26. The minimum absolute atomic E-state index is 0.426. The van der Waals surface area contributed by atoms with Crippen LogP contribution in [0.1, 0.15) is 55.8 Å². The number of benzene rings is 1. The molecule has 2 atom stereocenters. The number of unbranched alkanes of at least 4 members (excludes halogenated alkanes) is 1. The smallest absolute Gasteiger partial charge is 0.338 e. The molecule has 0 spiro atoms. The summed E-state index contributed by atoms with van der Waals surface area (Å²) < 4.78 is 5.55. The summed E-state index contributed by atoms with van der Waals surface area (Å²) in [7, 11) is 0. The van der Waals surface area contributed by atoms with Gasteiger partial charge < -0.3 is 9.84 Å². The topological polar surface area (TPSA) is 63.6 Å². The Morgan fingerprint density at radius 2 is 2.05 bits per heavy atom. The summed E-state index contributed by atoms with van der Waals surface area (Å²) in [5.41, 5.74) is -0.431. The van der Waals surface area contributed by atoms with Crippen LogP contribution in [-0.4, -0.2) is 23.1 Å². The van der Waals surface area contributed by atoms with Gasteiger partial charge in [0.15, 0.2) is 0 Å². The van der Waals surface area contributed by atoms with E-state index in [-0.39, 0.29) is 0 Å². The van der Waals surface area contributed by atoms with Crippen LogP contribution in [0.3, 0.4) is 0 Å². The number of carbonyl (C=O) groups is 2. The van der Waals surface area contributed by atoms with E-state index >= 15 is 0 Å². The van der Waals surface area contributed by atoms with E-state index in [0.29, 0.717) is 24.8 Å². The van der Waals surface area contributed by atoms with E-state index in [4.69, 9.17) is 4.74 Å². The number of hydrogen-bond donors (Lipinski definition) is 1. The summed E-state index contributed by atoms with van der Waals surface area (Å²) in [5, 5.41) is 9.65. The second-order valence-corrected chi connectivity index (χ2v) is 5.72. The van der Waals surface area contributed by atoms with Crippen molar-refractivity contribution >= 4 is 11.9 Å². The van der Waals surface area contributed by atoms with Crippen LogP contribution in [0.4, 0.5) is 0 Å². The molecule has 0 aromatic heterocycles. The molecule has 0 radical (unpaired) electrons. The molecule has 0 saturated heterocycles. The molecule has 0 bridgehead atoms. The molecular formula is C17H22O4. The second kappa shape index (κ2) is 6.74. The van der Waals surface area contributed by atoms with E-state index < -0.39 is 23.5 Å². The Labute approximate surface area is 125 Å². The lowest BCUT2D eigenvalue weighted by Crippen LogP contribution is -2.41. The molecule has 0 aliphatic heterocycles. The lowest BCUT2D eigenvalue weighted by Gasteiger charge is -2.30. The monoisotopic (exact) mass is 290 g/mol. The largest absolute Gasteiger partial charge is 0.481 e. The van der Waals surface area contributed by atoms with Crippen molar-refractivity contribution in [3.8, 4) is 0 Å². The third-order valence-electron chi connectivity index (χ3n) is 4.37. The molecular weight excluding hydrogens is 268 g/mol. The van der Waals surface area contributed by atoms with Gasteiger partial charge in [-0.25, -0.2) is 4.79 Å². The van der Waals surface area contributed by atoms with E-state index in [1.807, 2.05) is 13.0 Å². The summed E-state index contributed by atoms with van der Waals surface area (Å²) >= 11 is 0. The molecule has 0 amide bonds. The maximum absolute atomic E-state index is 12.2. The molecule has 1 aromatic rings. The van der Waals surface area contributed by atoms with Gasteiger partial charge in [-0.2, -0.15) is 0 Å². The van der Waals surface area contributed by atoms with E-state index in [1.165, 1.54) is 0 Å². The van der Waals surface area contributed by atoms with Crippen LogP contribution in [0.2, 0.25) is 0 Å². The lowest BCUT2D eigenvalue weighted by molar-refractivity contribution is -0.155. The van der Waals surface area contributed by atoms with Crippen LogP contribution in [0.15, 0.2) is 30.3 Å². The van der Waals surface area contributed by atoms with Crippen molar-refractivity contribution in [1.29, 1.82) is 0 Å². The van der Waals surface area contributed by atoms with Crippen molar-refractivity contribution in [2.24, 2.45) is 5.41 Å². The number of ether oxygens (including phenoxy) is 1. The van der Waals surface area contributed by atoms with Crippen molar-refractivity contribution in [2.75, 3.05) is 0 Å². The standard InChI is InChI=1S/C17H22O4/c1-2-3-11-17(16(19)20)12-7-10-14(17)21-15(18)13-8-5-4-6-9-13/h4-6,8-9,14H,2-3,7,10-12H2,1H3,(H,19,20). The number of hydrogen-bond acceptors (Lipinski definition) is 3. The zero-order valence-electron chi connectivity index (χ0n) is 12.4. The fourth-order valence-electron chi connectivity index (χ4n) is 3.11. The van der Waals surface area contributed by atoms with Crippen LogP contribution in [-0.2, 0) is 9.53 Å². The number of carboxylic acid groups (broad SMARTS) is 1. The Hall–Kier alpha value is -1.84. The van der Waals surface area contributed by atoms with Crippen molar-refractivity contribution in [1.82, 2.24) is 0 Å². The van der Waals surface area contributed by atoms with Gasteiger partial charge in [0.05, 0.1) is 5.56 Å². The molecule has 1 aliphatic rings. The summed E-state index contributed by atoms with van der Waals surface area (Å²) in [5.74, 6) is -1.26. The second-order valence-electron chi connectivity index (χ2n) is 5.72. The Balaban J connectivity index is 2.13. The average molecular weight is 290 g/mol. The number of esters is 1. The lowest BCUT2D eigenvalue weighted by atomic mass is 9.79. The molecule has 114 valence electrons. The van der Waals surface area contributed by atoms with Crippen LogP contribution < -0.4 is 0 Å². The van der Waals surface area contributed by atoms with Gasteiger partial charge in [0.1, 0.15) is 11.5 Å². The van der Waals surface area contributed by atoms with Crippen LogP contribution in [0, 0.1) is 5.41 Å². The minimum atomic E-state index is -0.902. The molecule has 2 unspecified atom stereocenters. The van der Waals surface area contributed by atoms with Crippen molar-refractivity contribution in [3.05, 3.63) is 35.9 Å². The summed E-state index contributed by atoms with van der Waals surface area (Å²) in [6, 6.07) is 8.74. The molecule has 1 N–H and O–H groups in total. The fourth-order valence-corrected chi connectivity index (χ4v) is 3.11. The Morgan fingerprint density at radius 1 is 1.33 bits per heavy atom. The zero-order chi connectivity index (χ0) is 15.3. The van der Waals surface area contributed by atoms with Crippen molar-refractivity contribution < 1.29 is 19.4 Å². The third-order valence-corrected chi connectivity index (χ3v) is 4.37. The molecule has 21 heavy (non-hydrogen) atoms. The summed E-state index contributed by atoms with van der Waals surface area (Å²) in [6.45, 7) is 2.04. The van der Waals surface area contributed by atoms with Gasteiger partial charge in [0.25, 0.3) is 0 Å². The molecule has 1 aromatic carbocycles. The molecule has 1 aliphatic carbocycles. The predicted octanol–water partition coefficient (Wildman–Crippen LogP) is 3.66. The highest BCUT2D eigenvalue weighted by Crippen LogP contribution is 2.44. The SMILES string of the molecule is CCCCC1(C(=O)O)CCCC1OC(=O)c1ccccc1. The van der Waals surface area contributed by atoms with Gasteiger partial charge in [0.2, 0.25) is 0 Å². The number of rotatable bonds is 6. The molecule has 4 heteroatoms. The molecule has 1 saturated carbocycles. The van der Waals surface area contributed by atoms with Gasteiger partial charge in [0, 0.05) is 0 Å². The van der Waals surface area contributed by atoms with E-state index in [9.17, 15) is 14.7 Å². The van der Waals surface area contributed by atoms with Gasteiger partial charge in [-0.1, -0.05) is 38.0 Å². The molecule has 2 rings (SSSR count). The summed E-state index contributed by atoms with van der Waals surface area (Å²) in [4.78, 5) is 23.9. The number of carboxylic acids is 1. The zero-order valence-corrected chi connectivity index (χ0v) is 12.4. The van der Waals surface area contributed by atoms with E-state index in [0.717, 1.165) is 19.3 Å². The van der Waals surface area contributed by atoms with Gasteiger partial charge >= 0.3 is 11.9 Å². The fraction of sp³-hybridized carbons (Fsp3) is 0.529. The number of carbonyl (C=O) groups excluding carboxylic acids is 1. The van der Waals surface area contributed by atoms with Gasteiger partial charge in [-0.3, -0.25) is 4.79 Å². The quantitative estimate of drug-likeness (QED) is 0.812. The van der Waals surface area contributed by atoms with E-state index in [2.05, 4.69) is 0 Å². The van der Waals surface area contributed by atoms with Crippen molar-refractivity contribution in [3.63, 3.8) is 0 Å². The highest BCUT2D eigenvalue weighted by atomic mass is 16.5. The maximum Gasteiger partial charge on any atom is 0.338 e. The first-order chi connectivity index (χ1) is 10.1. The molecule has 1 fully saturated rings. The molecule has 4 nitrogen and oxygen atoms in total.